The van der Waals surface area contributed by atoms with Crippen molar-refractivity contribution in [2.24, 2.45) is 0 Å². The smallest absolute Gasteiger partial charge is 0.249 e. The summed E-state index contributed by atoms with van der Waals surface area (Å²) in [7, 11) is 0. The molecule has 2 heterocycles. The van der Waals surface area contributed by atoms with Crippen LogP contribution in [-0.2, 0) is 0 Å². The molecule has 0 spiro atoms. The summed E-state index contributed by atoms with van der Waals surface area (Å²) in [6, 6.07) is 5.90. The van der Waals surface area contributed by atoms with Gasteiger partial charge in [-0.3, -0.25) is 0 Å². The van der Waals surface area contributed by atoms with E-state index >= 15 is 0 Å². The van der Waals surface area contributed by atoms with E-state index in [0.717, 1.165) is 30.6 Å². The molecule has 1 atom stereocenters. The summed E-state index contributed by atoms with van der Waals surface area (Å²) in [5.74, 6) is 1.29. The lowest BCUT2D eigenvalue weighted by atomic mass is 10.1. The fraction of sp³-hybridized carbons (Fsp3) is 0.400. The second-order valence-corrected chi connectivity index (χ2v) is 5.59. The van der Waals surface area contributed by atoms with Gasteiger partial charge < -0.3 is 9.42 Å². The van der Waals surface area contributed by atoms with Crippen LogP contribution in [0.5, 0.6) is 0 Å². The van der Waals surface area contributed by atoms with Crippen molar-refractivity contribution in [1.82, 2.24) is 10.1 Å². The third-order valence-corrected chi connectivity index (χ3v) is 4.36. The first-order valence-corrected chi connectivity index (χ1v) is 7.25. The third kappa shape index (κ3) is 2.36. The van der Waals surface area contributed by atoms with E-state index < -0.39 is 0 Å². The Kier molecular flexibility index (Phi) is 3.56. The molecule has 0 aliphatic carbocycles. The van der Waals surface area contributed by atoms with E-state index in [1.807, 2.05) is 19.9 Å². The Morgan fingerprint density at radius 2 is 2.24 bits per heavy atom. The minimum absolute atomic E-state index is 0.0777. The van der Waals surface area contributed by atoms with Gasteiger partial charge in [-0.05, 0) is 44.4 Å². The molecular formula is C15H15ClN4O. The molecule has 1 saturated heterocycles. The van der Waals surface area contributed by atoms with Crippen molar-refractivity contribution in [1.29, 1.82) is 5.26 Å². The molecule has 6 heteroatoms. The van der Waals surface area contributed by atoms with Gasteiger partial charge in [-0.15, -0.1) is 0 Å². The number of rotatable bonds is 2. The van der Waals surface area contributed by atoms with Gasteiger partial charge in [0.25, 0.3) is 0 Å². The van der Waals surface area contributed by atoms with Gasteiger partial charge in [0.05, 0.1) is 10.6 Å². The Hall–Kier alpha value is -2.06. The number of anilines is 1. The highest BCUT2D eigenvalue weighted by Gasteiger charge is 2.31. The van der Waals surface area contributed by atoms with E-state index in [-0.39, 0.29) is 6.04 Å². The van der Waals surface area contributed by atoms with Crippen LogP contribution in [0.15, 0.2) is 16.7 Å². The van der Waals surface area contributed by atoms with E-state index in [9.17, 15) is 0 Å². The topological polar surface area (TPSA) is 66.0 Å². The predicted octanol–water partition coefficient (Wildman–Crippen LogP) is 3.55. The van der Waals surface area contributed by atoms with Gasteiger partial charge in [0.2, 0.25) is 5.89 Å². The zero-order valence-electron chi connectivity index (χ0n) is 11.9. The Labute approximate surface area is 128 Å². The second kappa shape index (κ2) is 5.38. The maximum Gasteiger partial charge on any atom is 0.249 e. The molecule has 0 N–H and O–H groups in total. The average Bonchev–Trinajstić information content (AvgIpc) is 3.10. The van der Waals surface area contributed by atoms with Gasteiger partial charge >= 0.3 is 0 Å². The summed E-state index contributed by atoms with van der Waals surface area (Å²) in [6.45, 7) is 4.66. The number of benzene rings is 1. The van der Waals surface area contributed by atoms with Crippen LogP contribution < -0.4 is 4.90 Å². The maximum absolute atomic E-state index is 9.05. The standard InChI is InChI=1S/C15H15ClN4O/c1-9-12(6-5-11(8-17)14(9)16)20-7-3-4-13(20)15-18-10(2)19-21-15/h5-6,13H,3-4,7H2,1-2H3. The molecule has 1 aliphatic rings. The first kappa shape index (κ1) is 13.9. The summed E-state index contributed by atoms with van der Waals surface area (Å²) < 4.78 is 5.33. The molecule has 108 valence electrons. The molecular weight excluding hydrogens is 288 g/mol. The molecule has 0 radical (unpaired) electrons. The lowest BCUT2D eigenvalue weighted by Gasteiger charge is -2.26. The van der Waals surface area contributed by atoms with Crippen molar-refractivity contribution < 1.29 is 4.52 Å². The fourth-order valence-corrected chi connectivity index (χ4v) is 3.03. The van der Waals surface area contributed by atoms with Gasteiger partial charge in [-0.2, -0.15) is 10.2 Å². The molecule has 1 fully saturated rings. The summed E-state index contributed by atoms with van der Waals surface area (Å²) in [5, 5.41) is 13.4. The van der Waals surface area contributed by atoms with Crippen molar-refractivity contribution in [3.63, 3.8) is 0 Å². The van der Waals surface area contributed by atoms with Gasteiger partial charge in [-0.1, -0.05) is 16.8 Å². The van der Waals surface area contributed by atoms with Crippen LogP contribution in [0.1, 0.15) is 41.7 Å². The highest BCUT2D eigenvalue weighted by atomic mass is 35.5. The molecule has 1 aromatic heterocycles. The molecule has 0 amide bonds. The lowest BCUT2D eigenvalue weighted by molar-refractivity contribution is 0.352. The maximum atomic E-state index is 9.05. The van der Waals surface area contributed by atoms with Crippen molar-refractivity contribution in [3.8, 4) is 6.07 Å². The molecule has 1 aliphatic heterocycles. The molecule has 2 aromatic rings. The quantitative estimate of drug-likeness (QED) is 0.848. The first-order chi connectivity index (χ1) is 10.1. The normalized spacial score (nSPS) is 18.0. The van der Waals surface area contributed by atoms with Crippen molar-refractivity contribution in [3.05, 3.63) is 40.0 Å². The van der Waals surface area contributed by atoms with Crippen LogP contribution in [0.2, 0.25) is 5.02 Å². The third-order valence-electron chi connectivity index (χ3n) is 3.87. The van der Waals surface area contributed by atoms with Gasteiger partial charge in [0.15, 0.2) is 5.82 Å². The molecule has 0 saturated carbocycles. The number of aryl methyl sites for hydroxylation is 1. The number of nitriles is 1. The van der Waals surface area contributed by atoms with Gasteiger partial charge in [0, 0.05) is 12.2 Å². The minimum atomic E-state index is 0.0777. The van der Waals surface area contributed by atoms with E-state index in [1.54, 1.807) is 6.07 Å². The van der Waals surface area contributed by atoms with Crippen LogP contribution in [0, 0.1) is 25.2 Å². The zero-order chi connectivity index (χ0) is 15.0. The van der Waals surface area contributed by atoms with E-state index in [0.29, 0.717) is 22.3 Å². The van der Waals surface area contributed by atoms with E-state index in [2.05, 4.69) is 21.1 Å². The average molecular weight is 303 g/mol. The summed E-state index contributed by atoms with van der Waals surface area (Å²) >= 11 is 6.27. The molecule has 0 bridgehead atoms. The number of halogens is 1. The van der Waals surface area contributed by atoms with E-state index in [4.69, 9.17) is 21.4 Å². The highest BCUT2D eigenvalue weighted by molar-refractivity contribution is 6.32. The largest absolute Gasteiger partial charge is 0.359 e. The predicted molar refractivity (Wildman–Crippen MR) is 79.3 cm³/mol. The zero-order valence-corrected chi connectivity index (χ0v) is 12.7. The Balaban J connectivity index is 2.00. The lowest BCUT2D eigenvalue weighted by Crippen LogP contribution is -2.23. The summed E-state index contributed by atoms with van der Waals surface area (Å²) in [5.41, 5.74) is 2.44. The molecule has 1 unspecified atom stereocenters. The van der Waals surface area contributed by atoms with Crippen LogP contribution in [-0.4, -0.2) is 16.7 Å². The molecule has 1 aromatic carbocycles. The number of hydrogen-bond acceptors (Lipinski definition) is 5. The monoisotopic (exact) mass is 302 g/mol. The Morgan fingerprint density at radius 1 is 1.43 bits per heavy atom. The second-order valence-electron chi connectivity index (χ2n) is 5.21. The minimum Gasteiger partial charge on any atom is -0.359 e. The van der Waals surface area contributed by atoms with Gasteiger partial charge in [0.1, 0.15) is 12.1 Å². The van der Waals surface area contributed by atoms with Crippen molar-refractivity contribution >= 4 is 17.3 Å². The van der Waals surface area contributed by atoms with E-state index in [1.165, 1.54) is 0 Å². The molecule has 5 nitrogen and oxygen atoms in total. The number of aromatic nitrogens is 2. The van der Waals surface area contributed by atoms with Crippen LogP contribution in [0.25, 0.3) is 0 Å². The summed E-state index contributed by atoms with van der Waals surface area (Å²) in [6.07, 6.45) is 2.03. The number of hydrogen-bond donors (Lipinski definition) is 0. The van der Waals surface area contributed by atoms with Crippen molar-refractivity contribution in [2.45, 2.75) is 32.7 Å². The SMILES string of the molecule is Cc1noc(C2CCCN2c2ccc(C#N)c(Cl)c2C)n1. The fourth-order valence-electron chi connectivity index (χ4n) is 2.83. The van der Waals surface area contributed by atoms with Crippen LogP contribution in [0.3, 0.4) is 0 Å². The number of nitrogens with zero attached hydrogens (tertiary/aromatic N) is 4. The van der Waals surface area contributed by atoms with Crippen molar-refractivity contribution in [2.75, 3.05) is 11.4 Å². The molecule has 3 rings (SSSR count). The highest BCUT2D eigenvalue weighted by Crippen LogP contribution is 2.39. The Morgan fingerprint density at radius 3 is 2.90 bits per heavy atom. The Bertz CT molecular complexity index is 719. The molecule has 21 heavy (non-hydrogen) atoms. The van der Waals surface area contributed by atoms with Gasteiger partial charge in [-0.25, -0.2) is 0 Å². The summed E-state index contributed by atoms with van der Waals surface area (Å²) in [4.78, 5) is 6.58. The van der Waals surface area contributed by atoms with Crippen LogP contribution >= 0.6 is 11.6 Å². The van der Waals surface area contributed by atoms with Crippen LogP contribution in [0.4, 0.5) is 5.69 Å². The first-order valence-electron chi connectivity index (χ1n) is 6.88.